The zero-order valence-corrected chi connectivity index (χ0v) is 23.5. The Labute approximate surface area is 227 Å². The number of hydrogen-bond acceptors (Lipinski definition) is 6. The van der Waals surface area contributed by atoms with Crippen molar-refractivity contribution < 1.29 is 9.53 Å². The lowest BCUT2D eigenvalue weighted by molar-refractivity contribution is -0.118. The van der Waals surface area contributed by atoms with E-state index in [9.17, 15) is 4.79 Å². The minimum absolute atomic E-state index is 0. The highest BCUT2D eigenvalue weighted by Gasteiger charge is 2.21. The number of hydrogen-bond donors (Lipinski definition) is 0. The molecule has 1 aliphatic rings. The largest absolute Gasteiger partial charge is 0.379 e. The first-order chi connectivity index (χ1) is 16.5. The number of benzene rings is 2. The number of aromatic nitrogens is 1. The van der Waals surface area contributed by atoms with Crippen molar-refractivity contribution in [1.82, 2.24) is 9.88 Å². The first kappa shape index (κ1) is 28.2. The van der Waals surface area contributed by atoms with Crippen molar-refractivity contribution in [2.45, 2.75) is 38.0 Å². The molecule has 0 N–H and O–H groups in total. The zero-order valence-electron chi connectivity index (χ0n) is 20.3. The van der Waals surface area contributed by atoms with Crippen LogP contribution in [0.15, 0.2) is 41.3 Å². The number of thioether (sulfide) groups is 1. The van der Waals surface area contributed by atoms with Crippen LogP contribution in [0.4, 0.5) is 5.13 Å². The molecule has 0 atom stereocenters. The van der Waals surface area contributed by atoms with E-state index in [0.717, 1.165) is 72.4 Å². The molecule has 0 saturated carbocycles. The second kappa shape index (κ2) is 13.8. The Morgan fingerprint density at radius 2 is 1.91 bits per heavy atom. The van der Waals surface area contributed by atoms with Gasteiger partial charge < -0.3 is 4.74 Å². The third-order valence-corrected chi connectivity index (χ3v) is 8.30. The van der Waals surface area contributed by atoms with Crippen LogP contribution in [0.5, 0.6) is 0 Å². The van der Waals surface area contributed by atoms with Crippen molar-refractivity contribution in [1.29, 1.82) is 0 Å². The molecule has 1 aromatic heterocycles. The number of anilines is 1. The predicted octanol–water partition coefficient (Wildman–Crippen LogP) is 6.62. The number of halogens is 2. The molecule has 1 fully saturated rings. The SMILES string of the molecule is Cc1ccc(SCCCC(=O)N(CCCN2CCOCC2)c2nc3c(C)cc(Cl)cc3s2)cc1.Cl. The van der Waals surface area contributed by atoms with Crippen molar-refractivity contribution in [3.63, 3.8) is 0 Å². The Balaban J connectivity index is 0.00000342. The van der Waals surface area contributed by atoms with Crippen LogP contribution >= 0.6 is 47.1 Å². The molecule has 1 aliphatic heterocycles. The quantitative estimate of drug-likeness (QED) is 0.208. The van der Waals surface area contributed by atoms with Crippen LogP contribution in [-0.2, 0) is 9.53 Å². The second-order valence-electron chi connectivity index (χ2n) is 8.68. The Bertz CT molecular complexity index is 1100. The first-order valence-corrected chi connectivity index (χ1v) is 14.0. The van der Waals surface area contributed by atoms with Gasteiger partial charge in [-0.25, -0.2) is 4.98 Å². The average Bonchev–Trinajstić information content (AvgIpc) is 3.25. The molecule has 0 radical (unpaired) electrons. The van der Waals surface area contributed by atoms with Gasteiger partial charge in [0.15, 0.2) is 5.13 Å². The second-order valence-corrected chi connectivity index (χ2v) is 11.3. The summed E-state index contributed by atoms with van der Waals surface area (Å²) in [6.45, 7) is 9.26. The minimum Gasteiger partial charge on any atom is -0.379 e. The van der Waals surface area contributed by atoms with Gasteiger partial charge in [0, 0.05) is 42.5 Å². The molecule has 0 aliphatic carbocycles. The normalized spacial score (nSPS) is 14.1. The maximum Gasteiger partial charge on any atom is 0.228 e. The summed E-state index contributed by atoms with van der Waals surface area (Å²) in [5, 5.41) is 1.48. The maximum atomic E-state index is 13.3. The Hall–Kier alpha value is -1.35. The Morgan fingerprint density at radius 1 is 1.17 bits per heavy atom. The van der Waals surface area contributed by atoms with Crippen molar-refractivity contribution >= 4 is 68.4 Å². The van der Waals surface area contributed by atoms with Gasteiger partial charge >= 0.3 is 0 Å². The van der Waals surface area contributed by atoms with E-state index >= 15 is 0 Å². The van der Waals surface area contributed by atoms with Gasteiger partial charge in [-0.3, -0.25) is 14.6 Å². The molecule has 0 spiro atoms. The molecule has 2 aromatic carbocycles. The third kappa shape index (κ3) is 8.07. The van der Waals surface area contributed by atoms with Crippen LogP contribution in [0.25, 0.3) is 10.2 Å². The average molecular weight is 555 g/mol. The number of amides is 1. The standard InChI is InChI=1S/C26H32ClN3O2S2.ClH/c1-19-6-8-22(9-7-19)33-16-3-5-24(31)30(11-4-10-29-12-14-32-15-13-29)26-28-25-20(2)17-21(27)18-23(25)34-26;/h6-9,17-18H,3-5,10-16H2,1-2H3;1H. The molecule has 35 heavy (non-hydrogen) atoms. The van der Waals surface area contributed by atoms with E-state index < -0.39 is 0 Å². The van der Waals surface area contributed by atoms with Crippen LogP contribution in [0.1, 0.15) is 30.4 Å². The van der Waals surface area contributed by atoms with E-state index in [-0.39, 0.29) is 18.3 Å². The molecule has 1 saturated heterocycles. The minimum atomic E-state index is 0. The Morgan fingerprint density at radius 3 is 2.66 bits per heavy atom. The Kier molecular flexibility index (Phi) is 11.1. The molecule has 5 nitrogen and oxygen atoms in total. The summed E-state index contributed by atoms with van der Waals surface area (Å²) in [4.78, 5) is 23.7. The summed E-state index contributed by atoms with van der Waals surface area (Å²) in [6, 6.07) is 12.4. The van der Waals surface area contributed by atoms with Crippen LogP contribution in [0, 0.1) is 13.8 Å². The number of carbonyl (C=O) groups is 1. The van der Waals surface area contributed by atoms with Gasteiger partial charge in [-0.15, -0.1) is 24.2 Å². The summed E-state index contributed by atoms with van der Waals surface area (Å²) in [6.07, 6.45) is 2.28. The number of ether oxygens (including phenoxy) is 1. The fourth-order valence-electron chi connectivity index (χ4n) is 4.05. The lowest BCUT2D eigenvalue weighted by Gasteiger charge is -2.27. The van der Waals surface area contributed by atoms with Crippen molar-refractivity contribution in [2.24, 2.45) is 0 Å². The topological polar surface area (TPSA) is 45.7 Å². The van der Waals surface area contributed by atoms with Gasteiger partial charge in [0.25, 0.3) is 0 Å². The van der Waals surface area contributed by atoms with E-state index in [0.29, 0.717) is 18.0 Å². The summed E-state index contributed by atoms with van der Waals surface area (Å²) in [5.74, 6) is 1.07. The molecule has 0 unspecified atom stereocenters. The van der Waals surface area contributed by atoms with E-state index in [4.69, 9.17) is 21.3 Å². The molecule has 9 heteroatoms. The summed E-state index contributed by atoms with van der Waals surface area (Å²) < 4.78 is 6.48. The number of aryl methyl sites for hydroxylation is 2. The lowest BCUT2D eigenvalue weighted by atomic mass is 10.2. The number of rotatable bonds is 10. The molecule has 2 heterocycles. The van der Waals surface area contributed by atoms with Gasteiger partial charge in [0.1, 0.15) is 0 Å². The van der Waals surface area contributed by atoms with E-state index in [1.165, 1.54) is 10.5 Å². The summed E-state index contributed by atoms with van der Waals surface area (Å²) in [7, 11) is 0. The van der Waals surface area contributed by atoms with Crippen LogP contribution in [-0.4, -0.2) is 60.9 Å². The van der Waals surface area contributed by atoms with Crippen molar-refractivity contribution in [2.75, 3.05) is 50.0 Å². The predicted molar refractivity (Wildman–Crippen MR) is 152 cm³/mol. The molecular weight excluding hydrogens is 521 g/mol. The van der Waals surface area contributed by atoms with Crippen LogP contribution in [0.2, 0.25) is 5.02 Å². The highest BCUT2D eigenvalue weighted by atomic mass is 35.5. The highest BCUT2D eigenvalue weighted by molar-refractivity contribution is 7.99. The highest BCUT2D eigenvalue weighted by Crippen LogP contribution is 2.33. The van der Waals surface area contributed by atoms with E-state index in [1.807, 2.05) is 24.0 Å². The summed E-state index contributed by atoms with van der Waals surface area (Å²) in [5.41, 5.74) is 3.24. The lowest BCUT2D eigenvalue weighted by Crippen LogP contribution is -2.39. The maximum absolute atomic E-state index is 13.3. The third-order valence-electron chi connectivity index (χ3n) is 5.96. The first-order valence-electron chi connectivity index (χ1n) is 11.9. The van der Waals surface area contributed by atoms with Gasteiger partial charge in [-0.05, 0) is 62.3 Å². The molecule has 4 rings (SSSR count). The molecule has 190 valence electrons. The molecular formula is C26H33Cl2N3O2S2. The number of nitrogens with zero attached hydrogens (tertiary/aromatic N) is 3. The number of morpholine rings is 1. The smallest absolute Gasteiger partial charge is 0.228 e. The molecule has 3 aromatic rings. The monoisotopic (exact) mass is 553 g/mol. The number of carbonyl (C=O) groups excluding carboxylic acids is 1. The number of fused-ring (bicyclic) bond motifs is 1. The van der Waals surface area contributed by atoms with Crippen LogP contribution in [0.3, 0.4) is 0 Å². The van der Waals surface area contributed by atoms with Gasteiger partial charge in [0.05, 0.1) is 23.4 Å². The van der Waals surface area contributed by atoms with Gasteiger partial charge in [0.2, 0.25) is 5.91 Å². The molecule has 0 bridgehead atoms. The number of thiazole rings is 1. The van der Waals surface area contributed by atoms with E-state index in [1.54, 1.807) is 23.1 Å². The fraction of sp³-hybridized carbons (Fsp3) is 0.462. The summed E-state index contributed by atoms with van der Waals surface area (Å²) >= 11 is 9.63. The van der Waals surface area contributed by atoms with E-state index in [2.05, 4.69) is 36.1 Å². The van der Waals surface area contributed by atoms with Crippen molar-refractivity contribution in [3.8, 4) is 0 Å². The fourth-order valence-corrected chi connectivity index (χ4v) is 6.36. The molecule has 1 amide bonds. The van der Waals surface area contributed by atoms with Gasteiger partial charge in [-0.1, -0.05) is 40.6 Å². The zero-order chi connectivity index (χ0) is 23.9. The van der Waals surface area contributed by atoms with Crippen molar-refractivity contribution in [3.05, 3.63) is 52.5 Å². The van der Waals surface area contributed by atoms with Crippen LogP contribution < -0.4 is 4.90 Å². The van der Waals surface area contributed by atoms with Gasteiger partial charge in [-0.2, -0.15) is 0 Å².